The molecule has 3 saturated carbocycles. The maximum atomic E-state index is 14.7. The van der Waals surface area contributed by atoms with Gasteiger partial charge in [0.25, 0.3) is 0 Å². The van der Waals surface area contributed by atoms with Gasteiger partial charge in [-0.3, -0.25) is 9.59 Å². The van der Waals surface area contributed by atoms with Crippen LogP contribution in [0.5, 0.6) is 11.5 Å². The minimum atomic E-state index is -1.43. The van der Waals surface area contributed by atoms with Crippen molar-refractivity contribution in [2.24, 2.45) is 23.2 Å². The Hall–Kier alpha value is -4.88. The number of alkyl carbamates (subject to hydrolysis) is 1. The number of hydrogen-bond donors (Lipinski definition) is 4. The number of likely N-dealkylation sites (tertiary alicyclic amines) is 1. The first-order valence-corrected chi connectivity index (χ1v) is 21.1. The second-order valence-electron chi connectivity index (χ2n) is 17.3. The summed E-state index contributed by atoms with van der Waals surface area (Å²) in [6.07, 6.45) is 1.99. The average Bonchev–Trinajstić information content (AvgIpc) is 3.83. The maximum absolute atomic E-state index is 14.7. The molecule has 3 aliphatic carbocycles. The molecule has 4 N–H and O–H groups in total. The Kier molecular flexibility index (Phi) is 11.4. The van der Waals surface area contributed by atoms with Crippen LogP contribution < -0.4 is 25.4 Å². The highest BCUT2D eigenvalue weighted by molar-refractivity contribution is 7.14. The van der Waals surface area contributed by atoms with Crippen LogP contribution in [0.4, 0.5) is 9.93 Å². The molecule has 4 aliphatic rings. The highest BCUT2D eigenvalue weighted by Crippen LogP contribution is 2.52. The number of hydrogen-bond acceptors (Lipinski definition) is 12. The first-order valence-electron chi connectivity index (χ1n) is 19.9. The van der Waals surface area contributed by atoms with Crippen molar-refractivity contribution in [1.82, 2.24) is 25.5 Å². The van der Waals surface area contributed by atoms with Crippen LogP contribution in [0.3, 0.4) is 0 Å². The molecule has 3 amide bonds. The summed E-state index contributed by atoms with van der Waals surface area (Å²) in [6.45, 7) is 11.0. The number of nitriles is 1. The first-order chi connectivity index (χ1) is 27.5. The Morgan fingerprint density at radius 1 is 1.09 bits per heavy atom. The molecular formula is C41H50ClN7O8S. The van der Waals surface area contributed by atoms with Crippen molar-refractivity contribution in [1.29, 1.82) is 5.26 Å². The van der Waals surface area contributed by atoms with Crippen molar-refractivity contribution in [3.8, 4) is 29.0 Å². The number of carbonyl (C=O) groups is 4. The number of anilines is 1. The van der Waals surface area contributed by atoms with Gasteiger partial charge in [-0.05, 0) is 74.8 Å². The van der Waals surface area contributed by atoms with Gasteiger partial charge < -0.3 is 40.2 Å². The van der Waals surface area contributed by atoms with Gasteiger partial charge in [-0.15, -0.1) is 11.3 Å². The zero-order valence-electron chi connectivity index (χ0n) is 33.5. The van der Waals surface area contributed by atoms with Crippen molar-refractivity contribution in [2.45, 2.75) is 116 Å². The Morgan fingerprint density at radius 2 is 1.83 bits per heavy atom. The summed E-state index contributed by atoms with van der Waals surface area (Å²) >= 11 is 8.25. The maximum Gasteiger partial charge on any atom is 0.408 e. The predicted molar refractivity (Wildman–Crippen MR) is 217 cm³/mol. The lowest BCUT2D eigenvalue weighted by molar-refractivity contribution is -0.146. The minimum absolute atomic E-state index is 0.0195. The third kappa shape index (κ3) is 8.47. The molecule has 1 unspecified atom stereocenters. The summed E-state index contributed by atoms with van der Waals surface area (Å²) in [5.74, 6) is -0.729. The van der Waals surface area contributed by atoms with Crippen molar-refractivity contribution >= 4 is 62.8 Å². The van der Waals surface area contributed by atoms with E-state index in [0.717, 1.165) is 19.3 Å². The number of benzene rings is 1. The van der Waals surface area contributed by atoms with Crippen molar-refractivity contribution in [3.05, 3.63) is 28.6 Å². The number of pyridine rings is 1. The minimum Gasteiger partial charge on any atom is -0.488 e. The second kappa shape index (κ2) is 16.1. The molecule has 1 aliphatic heterocycles. The Labute approximate surface area is 346 Å². The fourth-order valence-electron chi connectivity index (χ4n) is 8.39. The highest BCUT2D eigenvalue weighted by atomic mass is 35.5. The quantitative estimate of drug-likeness (QED) is 0.139. The number of rotatable bonds is 14. The molecule has 1 aromatic carbocycles. The fraction of sp³-hybridized carbons (Fsp3) is 0.585. The molecule has 0 bridgehead atoms. The van der Waals surface area contributed by atoms with E-state index >= 15 is 0 Å². The van der Waals surface area contributed by atoms with Crippen molar-refractivity contribution in [2.75, 3.05) is 18.5 Å². The fourth-order valence-corrected chi connectivity index (χ4v) is 9.50. The van der Waals surface area contributed by atoms with E-state index in [-0.39, 0.29) is 54.8 Å². The molecule has 2 aromatic heterocycles. The molecule has 17 heteroatoms. The van der Waals surface area contributed by atoms with Gasteiger partial charge in [0.15, 0.2) is 11.7 Å². The van der Waals surface area contributed by atoms with Crippen LogP contribution in [0.1, 0.15) is 80.1 Å². The van der Waals surface area contributed by atoms with Gasteiger partial charge in [-0.2, -0.15) is 5.26 Å². The SMILES string of the molecule is CC[C@@H]1CC1(NC(=O)[C@@H]1C[C@H](Oc2cc(-c3csc(NC(C)C)n3)nc3c(Cl)c(OCC#N)ccc23)CN1C(=O)[C@@H](NC(=O)O[C@@H]1C[C@@H]2C[C@@H]2C1)C(C)(C)C)C(=O)O. The zero-order chi connectivity index (χ0) is 41.7. The molecular weight excluding hydrogens is 786 g/mol. The number of aliphatic carboxylic acids is 1. The van der Waals surface area contributed by atoms with E-state index in [1.54, 1.807) is 18.2 Å². The highest BCUT2D eigenvalue weighted by Gasteiger charge is 2.61. The lowest BCUT2D eigenvalue weighted by Crippen LogP contribution is -2.59. The number of ether oxygens (including phenoxy) is 3. The van der Waals surface area contributed by atoms with Crippen LogP contribution in [0, 0.1) is 34.5 Å². The molecule has 3 aromatic rings. The number of carboxylic acid groups (broad SMARTS) is 1. The number of halogens is 1. The summed E-state index contributed by atoms with van der Waals surface area (Å²) in [7, 11) is 0. The molecule has 0 spiro atoms. The Balaban J connectivity index is 1.21. The van der Waals surface area contributed by atoms with Gasteiger partial charge in [-0.25, -0.2) is 19.6 Å². The number of carboxylic acids is 1. The smallest absolute Gasteiger partial charge is 0.408 e. The first kappa shape index (κ1) is 41.3. The van der Waals surface area contributed by atoms with E-state index in [0.29, 0.717) is 51.4 Å². The monoisotopic (exact) mass is 835 g/mol. The topological polar surface area (TPSA) is 205 Å². The number of carbonyl (C=O) groups excluding carboxylic acids is 3. The van der Waals surface area contributed by atoms with Crippen LogP contribution in [-0.2, 0) is 19.1 Å². The average molecular weight is 836 g/mol. The van der Waals surface area contributed by atoms with E-state index < -0.39 is 53.0 Å². The number of thiazole rings is 1. The van der Waals surface area contributed by atoms with E-state index in [4.69, 9.17) is 41.0 Å². The Morgan fingerprint density at radius 3 is 2.47 bits per heavy atom. The molecule has 310 valence electrons. The normalized spacial score (nSPS) is 26.4. The standard InChI is InChI=1S/C41H50ClN7O8S/c1-7-23-17-41(23,37(52)53)48-35(50)29-15-25(18-49(29)36(51)34(40(4,5)6)47-39(54)57-24-13-21-12-22(21)14-24)56-31-16-27(28-19-58-38(46-28)44-20(2)3)45-33-26(31)8-9-30(32(33)42)55-11-10-43/h8-9,16,19-25,29,34H,7,11-15,17-18H2,1-6H3,(H,44,46)(H,47,54)(H,48,50)(H,52,53)/t21-,22+,23-,24+,25+,29+,34-,41?/m1/s1. The number of aromatic nitrogens is 2. The van der Waals surface area contributed by atoms with Crippen LogP contribution in [-0.4, -0.2) is 92.9 Å². The molecule has 8 atom stereocenters. The molecule has 1 saturated heterocycles. The number of amides is 3. The van der Waals surface area contributed by atoms with Gasteiger partial charge in [-0.1, -0.05) is 45.7 Å². The van der Waals surface area contributed by atoms with Gasteiger partial charge in [0, 0.05) is 29.3 Å². The van der Waals surface area contributed by atoms with Gasteiger partial charge in [0.05, 0.1) is 17.8 Å². The summed E-state index contributed by atoms with van der Waals surface area (Å²) in [4.78, 5) is 65.6. The van der Waals surface area contributed by atoms with Gasteiger partial charge in [0.2, 0.25) is 11.8 Å². The van der Waals surface area contributed by atoms with E-state index in [9.17, 15) is 24.3 Å². The zero-order valence-corrected chi connectivity index (χ0v) is 35.0. The third-order valence-corrected chi connectivity index (χ3v) is 12.8. The van der Waals surface area contributed by atoms with Crippen LogP contribution in [0.25, 0.3) is 22.3 Å². The van der Waals surface area contributed by atoms with Crippen molar-refractivity contribution < 1.29 is 38.5 Å². The number of nitrogens with zero attached hydrogens (tertiary/aromatic N) is 4. The third-order valence-electron chi connectivity index (χ3n) is 11.6. The van der Waals surface area contributed by atoms with Crippen molar-refractivity contribution in [3.63, 3.8) is 0 Å². The molecule has 3 heterocycles. The van der Waals surface area contributed by atoms with E-state index in [1.807, 2.05) is 53.0 Å². The molecule has 0 radical (unpaired) electrons. The number of nitrogens with one attached hydrogen (secondary N) is 3. The number of fused-ring (bicyclic) bond motifs is 2. The van der Waals surface area contributed by atoms with Gasteiger partial charge in [0.1, 0.15) is 58.1 Å². The van der Waals surface area contributed by atoms with Crippen LogP contribution >= 0.6 is 22.9 Å². The predicted octanol–water partition coefficient (Wildman–Crippen LogP) is 6.39. The molecule has 7 rings (SSSR count). The lowest BCUT2D eigenvalue weighted by Gasteiger charge is -2.35. The van der Waals surface area contributed by atoms with E-state index in [1.165, 1.54) is 16.2 Å². The summed E-state index contributed by atoms with van der Waals surface area (Å²) in [6, 6.07) is 4.92. The van der Waals surface area contributed by atoms with Gasteiger partial charge >= 0.3 is 12.1 Å². The molecule has 15 nitrogen and oxygen atoms in total. The van der Waals surface area contributed by atoms with Crippen LogP contribution in [0.2, 0.25) is 5.02 Å². The van der Waals surface area contributed by atoms with E-state index in [2.05, 4.69) is 16.0 Å². The Bertz CT molecular complexity index is 2140. The summed E-state index contributed by atoms with van der Waals surface area (Å²) < 4.78 is 18.0. The summed E-state index contributed by atoms with van der Waals surface area (Å²) in [5.41, 5.74) is -0.909. The molecule has 58 heavy (non-hydrogen) atoms. The second-order valence-corrected chi connectivity index (χ2v) is 18.6. The lowest BCUT2D eigenvalue weighted by atomic mass is 9.85. The largest absolute Gasteiger partial charge is 0.488 e. The van der Waals surface area contributed by atoms with Crippen LogP contribution in [0.15, 0.2) is 23.6 Å². The molecule has 4 fully saturated rings. The summed E-state index contributed by atoms with van der Waals surface area (Å²) in [5, 5.41) is 31.4.